The smallest absolute Gasteiger partial charge is 0.247 e. The van der Waals surface area contributed by atoms with Crippen LogP contribution in [0.15, 0.2) is 29.4 Å². The maximum Gasteiger partial charge on any atom is 0.247 e. The van der Waals surface area contributed by atoms with Crippen LogP contribution in [0.2, 0.25) is 0 Å². The van der Waals surface area contributed by atoms with E-state index in [0.717, 1.165) is 19.3 Å². The first kappa shape index (κ1) is 19.5. The summed E-state index contributed by atoms with van der Waals surface area (Å²) in [5, 5.41) is 6.55. The maximum absolute atomic E-state index is 12.8. The van der Waals surface area contributed by atoms with Gasteiger partial charge in [-0.25, -0.2) is 0 Å². The fourth-order valence-electron chi connectivity index (χ4n) is 2.50. The molecule has 1 unspecified atom stereocenters. The van der Waals surface area contributed by atoms with E-state index in [0.29, 0.717) is 24.3 Å². The summed E-state index contributed by atoms with van der Waals surface area (Å²) in [6, 6.07) is 6.06. The lowest BCUT2D eigenvalue weighted by atomic mass is 10.0. The average Bonchev–Trinajstić information content (AvgIpc) is 2.56. The molecule has 0 saturated carbocycles. The van der Waals surface area contributed by atoms with E-state index < -0.39 is 6.04 Å². The van der Waals surface area contributed by atoms with Crippen molar-refractivity contribution in [2.45, 2.75) is 46.1 Å². The summed E-state index contributed by atoms with van der Waals surface area (Å²) in [6.07, 6.45) is 2.55. The lowest BCUT2D eigenvalue weighted by Crippen LogP contribution is -2.43. The quantitative estimate of drug-likeness (QED) is 0.322. The molecule has 2 amide bonds. The zero-order chi connectivity index (χ0) is 17.9. The zero-order valence-electron chi connectivity index (χ0n) is 14.5. The number of amides is 2. The highest BCUT2D eigenvalue weighted by Gasteiger charge is 2.30. The maximum atomic E-state index is 12.8. The second-order valence-corrected chi connectivity index (χ2v) is 5.51. The molecule has 0 fully saturated rings. The second kappa shape index (κ2) is 10.3. The van der Waals surface area contributed by atoms with Crippen molar-refractivity contribution in [2.24, 2.45) is 5.11 Å². The molecule has 1 N–H and O–H groups in total. The number of azide groups is 1. The van der Waals surface area contributed by atoms with Crippen molar-refractivity contribution in [1.82, 2.24) is 10.2 Å². The highest BCUT2D eigenvalue weighted by Crippen LogP contribution is 2.30. The third-order valence-corrected chi connectivity index (χ3v) is 3.64. The normalized spacial score (nSPS) is 11.3. The van der Waals surface area contributed by atoms with Crippen LogP contribution in [-0.2, 0) is 9.59 Å². The van der Waals surface area contributed by atoms with E-state index in [1.54, 1.807) is 24.3 Å². The second-order valence-electron chi connectivity index (χ2n) is 5.51. The van der Waals surface area contributed by atoms with Gasteiger partial charge >= 0.3 is 0 Å². The molecule has 1 atom stereocenters. The number of hydrogen-bond donors (Lipinski definition) is 1. The molecular formula is C17H25N5O2. The molecule has 7 heteroatoms. The highest BCUT2D eigenvalue weighted by molar-refractivity contribution is 5.89. The van der Waals surface area contributed by atoms with Gasteiger partial charge in [-0.1, -0.05) is 49.6 Å². The van der Waals surface area contributed by atoms with E-state index in [1.165, 1.54) is 11.8 Å². The average molecular weight is 331 g/mol. The molecule has 130 valence electrons. The number of hydrogen-bond acceptors (Lipinski definition) is 3. The number of benzene rings is 1. The van der Waals surface area contributed by atoms with E-state index in [4.69, 9.17) is 5.53 Å². The predicted octanol–water partition coefficient (Wildman–Crippen LogP) is 3.84. The minimum absolute atomic E-state index is 0.191. The van der Waals surface area contributed by atoms with Gasteiger partial charge < -0.3 is 10.2 Å². The fraction of sp³-hybridized carbons (Fsp3) is 0.529. The summed E-state index contributed by atoms with van der Waals surface area (Å²) in [6.45, 7) is 6.43. The Labute approximate surface area is 142 Å². The van der Waals surface area contributed by atoms with Crippen LogP contribution in [0, 0.1) is 0 Å². The van der Waals surface area contributed by atoms with E-state index >= 15 is 0 Å². The van der Waals surface area contributed by atoms with Crippen molar-refractivity contribution in [3.63, 3.8) is 0 Å². The summed E-state index contributed by atoms with van der Waals surface area (Å²) in [5.74, 6) is -0.448. The van der Waals surface area contributed by atoms with Gasteiger partial charge in [-0.2, -0.15) is 0 Å². The van der Waals surface area contributed by atoms with Gasteiger partial charge in [-0.3, -0.25) is 9.59 Å². The molecule has 0 aliphatic rings. The Hall–Kier alpha value is -2.53. The molecule has 0 spiro atoms. The lowest BCUT2D eigenvalue weighted by Gasteiger charge is -2.31. The SMILES string of the molecule is CCCCNC(=O)C(c1ccccc1N=[N+]=[N-])N(CCC)C(C)=O. The van der Waals surface area contributed by atoms with Crippen molar-refractivity contribution in [2.75, 3.05) is 13.1 Å². The summed E-state index contributed by atoms with van der Waals surface area (Å²) >= 11 is 0. The van der Waals surface area contributed by atoms with E-state index in [-0.39, 0.29) is 11.8 Å². The Morgan fingerprint density at radius 2 is 2.00 bits per heavy atom. The van der Waals surface area contributed by atoms with E-state index in [1.807, 2.05) is 13.8 Å². The zero-order valence-corrected chi connectivity index (χ0v) is 14.5. The number of carbonyl (C=O) groups excluding carboxylic acids is 2. The van der Waals surface area contributed by atoms with Crippen LogP contribution >= 0.6 is 0 Å². The molecule has 0 aromatic heterocycles. The van der Waals surface area contributed by atoms with Crippen molar-refractivity contribution in [3.8, 4) is 0 Å². The Balaban J connectivity index is 3.29. The highest BCUT2D eigenvalue weighted by atomic mass is 16.2. The van der Waals surface area contributed by atoms with Gasteiger partial charge in [-0.05, 0) is 23.9 Å². The van der Waals surface area contributed by atoms with E-state index in [2.05, 4.69) is 15.3 Å². The van der Waals surface area contributed by atoms with Crippen molar-refractivity contribution < 1.29 is 9.59 Å². The van der Waals surface area contributed by atoms with Crippen molar-refractivity contribution in [3.05, 3.63) is 40.3 Å². The van der Waals surface area contributed by atoms with Crippen molar-refractivity contribution in [1.29, 1.82) is 0 Å². The molecule has 7 nitrogen and oxygen atoms in total. The molecule has 1 aromatic rings. The summed E-state index contributed by atoms with van der Waals surface area (Å²) in [7, 11) is 0. The molecule has 0 saturated heterocycles. The van der Waals surface area contributed by atoms with Gasteiger partial charge in [0.05, 0.1) is 0 Å². The Morgan fingerprint density at radius 3 is 2.58 bits per heavy atom. The lowest BCUT2D eigenvalue weighted by molar-refractivity contribution is -0.139. The van der Waals surface area contributed by atoms with Gasteiger partial charge in [0.2, 0.25) is 11.8 Å². The van der Waals surface area contributed by atoms with Crippen molar-refractivity contribution >= 4 is 17.5 Å². The van der Waals surface area contributed by atoms with Gasteiger partial charge in [0.15, 0.2) is 0 Å². The number of carbonyl (C=O) groups is 2. The van der Waals surface area contributed by atoms with Crippen LogP contribution in [0.25, 0.3) is 10.4 Å². The predicted molar refractivity (Wildman–Crippen MR) is 93.6 cm³/mol. The minimum atomic E-state index is -0.805. The first-order chi connectivity index (χ1) is 11.6. The van der Waals surface area contributed by atoms with E-state index in [9.17, 15) is 9.59 Å². The van der Waals surface area contributed by atoms with Crippen LogP contribution in [0.1, 0.15) is 51.6 Å². The third kappa shape index (κ3) is 5.28. The van der Waals surface area contributed by atoms with Gasteiger partial charge in [-0.15, -0.1) is 0 Å². The third-order valence-electron chi connectivity index (χ3n) is 3.64. The first-order valence-corrected chi connectivity index (χ1v) is 8.25. The minimum Gasteiger partial charge on any atom is -0.354 e. The largest absolute Gasteiger partial charge is 0.354 e. The fourth-order valence-corrected chi connectivity index (χ4v) is 2.50. The molecule has 1 aromatic carbocycles. The van der Waals surface area contributed by atoms with Crippen LogP contribution in [-0.4, -0.2) is 29.8 Å². The molecule has 0 aliphatic heterocycles. The van der Waals surface area contributed by atoms with Gasteiger partial charge in [0.1, 0.15) is 6.04 Å². The standard InChI is InChI=1S/C17H25N5O2/c1-4-6-11-19-17(24)16(22(12-5-2)13(3)23)14-9-7-8-10-15(14)20-21-18/h7-10,16H,4-6,11-12H2,1-3H3,(H,19,24). The molecule has 0 bridgehead atoms. The topological polar surface area (TPSA) is 98.2 Å². The number of nitrogens with zero attached hydrogens (tertiary/aromatic N) is 4. The molecule has 1 rings (SSSR count). The number of unbranched alkanes of at least 4 members (excludes halogenated alkanes) is 1. The Morgan fingerprint density at radius 1 is 1.29 bits per heavy atom. The molecule has 0 heterocycles. The van der Waals surface area contributed by atoms with Gasteiger partial charge in [0, 0.05) is 30.6 Å². The number of nitrogens with one attached hydrogen (secondary N) is 1. The summed E-state index contributed by atoms with van der Waals surface area (Å²) in [5.41, 5.74) is 9.66. The Kier molecular flexibility index (Phi) is 8.36. The molecule has 24 heavy (non-hydrogen) atoms. The van der Waals surface area contributed by atoms with Gasteiger partial charge in [0.25, 0.3) is 0 Å². The molecular weight excluding hydrogens is 306 g/mol. The monoisotopic (exact) mass is 331 g/mol. The van der Waals surface area contributed by atoms with Crippen LogP contribution in [0.3, 0.4) is 0 Å². The summed E-state index contributed by atoms with van der Waals surface area (Å²) in [4.78, 5) is 29.2. The van der Waals surface area contributed by atoms with Crippen LogP contribution in [0.5, 0.6) is 0 Å². The number of rotatable bonds is 9. The summed E-state index contributed by atoms with van der Waals surface area (Å²) < 4.78 is 0. The molecule has 0 aliphatic carbocycles. The molecule has 0 radical (unpaired) electrons. The van der Waals surface area contributed by atoms with Crippen LogP contribution < -0.4 is 5.32 Å². The first-order valence-electron chi connectivity index (χ1n) is 8.25. The Bertz CT molecular complexity index is 611. The van der Waals surface area contributed by atoms with Crippen LogP contribution in [0.4, 0.5) is 5.69 Å².